The van der Waals surface area contributed by atoms with Crippen molar-refractivity contribution in [1.82, 2.24) is 10.0 Å². The van der Waals surface area contributed by atoms with E-state index >= 15 is 0 Å². The maximum absolute atomic E-state index is 13.1. The Morgan fingerprint density at radius 2 is 1.62 bits per heavy atom. The van der Waals surface area contributed by atoms with Gasteiger partial charge in [-0.1, -0.05) is 36.4 Å². The van der Waals surface area contributed by atoms with Crippen molar-refractivity contribution in [2.24, 2.45) is 0 Å². The third-order valence-electron chi connectivity index (χ3n) is 4.73. The Morgan fingerprint density at radius 1 is 1.04 bits per heavy atom. The summed E-state index contributed by atoms with van der Waals surface area (Å²) in [5, 5.41) is 2.93. The van der Waals surface area contributed by atoms with Gasteiger partial charge in [-0.2, -0.15) is 0 Å². The second-order valence-electron chi connectivity index (χ2n) is 6.55. The van der Waals surface area contributed by atoms with Crippen LogP contribution in [0.2, 0.25) is 0 Å². The molecule has 0 heterocycles. The summed E-state index contributed by atoms with van der Waals surface area (Å²) in [5.74, 6) is -0.458. The molecule has 3 rings (SSSR count). The molecule has 0 aliphatic heterocycles. The minimum absolute atomic E-state index is 0.0639. The third-order valence-corrected chi connectivity index (χ3v) is 6.06. The number of sulfonamides is 1. The predicted molar refractivity (Wildman–Crippen MR) is 97.3 cm³/mol. The molecule has 7 heteroatoms. The fraction of sp³-hybridized carbons (Fsp3) is 0.316. The molecule has 0 saturated heterocycles. The topological polar surface area (TPSA) is 75.3 Å². The molecule has 2 N–H and O–H groups in total. The maximum Gasteiger partial charge on any atom is 0.230 e. The van der Waals surface area contributed by atoms with Crippen LogP contribution in [0.1, 0.15) is 29.5 Å². The van der Waals surface area contributed by atoms with Crippen molar-refractivity contribution in [3.63, 3.8) is 0 Å². The van der Waals surface area contributed by atoms with E-state index in [4.69, 9.17) is 0 Å². The van der Waals surface area contributed by atoms with Crippen LogP contribution in [0.5, 0.6) is 0 Å². The van der Waals surface area contributed by atoms with Gasteiger partial charge in [-0.05, 0) is 48.7 Å². The lowest BCUT2D eigenvalue weighted by atomic mass is 9.95. The molecule has 2 aromatic rings. The molecule has 0 unspecified atom stereocenters. The molecule has 1 aliphatic rings. The number of carbonyl (C=O) groups is 1. The van der Waals surface area contributed by atoms with Crippen molar-refractivity contribution >= 4 is 15.9 Å². The molecule has 1 fully saturated rings. The molecule has 1 saturated carbocycles. The van der Waals surface area contributed by atoms with Crippen molar-refractivity contribution in [2.75, 3.05) is 7.05 Å². The zero-order valence-electron chi connectivity index (χ0n) is 14.5. The van der Waals surface area contributed by atoms with Gasteiger partial charge < -0.3 is 5.32 Å². The number of carbonyl (C=O) groups excluding carboxylic acids is 1. The molecular formula is C19H21FN2O3S. The van der Waals surface area contributed by atoms with Gasteiger partial charge >= 0.3 is 0 Å². The lowest BCUT2D eigenvalue weighted by Gasteiger charge is -2.16. The van der Waals surface area contributed by atoms with Crippen LogP contribution in [0.15, 0.2) is 48.5 Å². The smallest absolute Gasteiger partial charge is 0.230 e. The van der Waals surface area contributed by atoms with E-state index in [-0.39, 0.29) is 17.5 Å². The molecular weight excluding hydrogens is 355 g/mol. The first kappa shape index (κ1) is 18.5. The van der Waals surface area contributed by atoms with Crippen LogP contribution in [0.4, 0.5) is 4.39 Å². The first-order chi connectivity index (χ1) is 12.3. The number of hydrogen-bond acceptors (Lipinski definition) is 3. The van der Waals surface area contributed by atoms with Crippen LogP contribution < -0.4 is 10.0 Å². The van der Waals surface area contributed by atoms with Crippen LogP contribution >= 0.6 is 0 Å². The third kappa shape index (κ3) is 4.11. The number of hydrogen-bond donors (Lipinski definition) is 2. The summed E-state index contributed by atoms with van der Waals surface area (Å²) in [6.07, 6.45) is 1.51. The standard InChI is InChI=1S/C19H21FN2O3S/c1-21-26(24,25)13-15-4-2-14(3-5-15)12-22-18(23)19(10-11-19)16-6-8-17(20)9-7-16/h2-9,21H,10-13H2,1H3,(H,22,23). The zero-order chi connectivity index (χ0) is 18.8. The van der Waals surface area contributed by atoms with Gasteiger partial charge in [-0.15, -0.1) is 0 Å². The first-order valence-corrected chi connectivity index (χ1v) is 10.0. The second-order valence-corrected chi connectivity index (χ2v) is 8.48. The molecule has 138 valence electrons. The summed E-state index contributed by atoms with van der Waals surface area (Å²) in [7, 11) is -1.92. The van der Waals surface area contributed by atoms with Gasteiger partial charge in [-0.25, -0.2) is 17.5 Å². The van der Waals surface area contributed by atoms with Crippen molar-refractivity contribution in [2.45, 2.75) is 30.6 Å². The second kappa shape index (κ2) is 7.17. The van der Waals surface area contributed by atoms with Crippen LogP contribution in [-0.2, 0) is 32.5 Å². The molecule has 1 aliphatic carbocycles. The van der Waals surface area contributed by atoms with Crippen molar-refractivity contribution < 1.29 is 17.6 Å². The molecule has 0 spiro atoms. The average Bonchev–Trinajstić information content (AvgIpc) is 3.43. The van der Waals surface area contributed by atoms with E-state index in [1.165, 1.54) is 19.2 Å². The highest BCUT2D eigenvalue weighted by Gasteiger charge is 2.51. The Bertz CT molecular complexity index is 889. The van der Waals surface area contributed by atoms with E-state index in [0.717, 1.165) is 24.0 Å². The Kier molecular flexibility index (Phi) is 5.11. The van der Waals surface area contributed by atoms with Gasteiger partial charge in [0.15, 0.2) is 0 Å². The molecule has 1 amide bonds. The van der Waals surface area contributed by atoms with E-state index < -0.39 is 15.4 Å². The van der Waals surface area contributed by atoms with Gasteiger partial charge in [0.2, 0.25) is 15.9 Å². The fourth-order valence-corrected chi connectivity index (χ4v) is 3.71. The van der Waals surface area contributed by atoms with Crippen molar-refractivity contribution in [3.05, 3.63) is 71.0 Å². The Labute approximate surface area is 152 Å². The maximum atomic E-state index is 13.1. The van der Waals surface area contributed by atoms with E-state index in [1.54, 1.807) is 36.4 Å². The molecule has 0 radical (unpaired) electrons. The van der Waals surface area contributed by atoms with Crippen LogP contribution in [0, 0.1) is 5.82 Å². The van der Waals surface area contributed by atoms with Gasteiger partial charge in [0.25, 0.3) is 0 Å². The van der Waals surface area contributed by atoms with Gasteiger partial charge in [-0.3, -0.25) is 4.79 Å². The van der Waals surface area contributed by atoms with Crippen LogP contribution in [0.25, 0.3) is 0 Å². The van der Waals surface area contributed by atoms with E-state index in [1.807, 2.05) is 0 Å². The van der Waals surface area contributed by atoms with E-state index in [9.17, 15) is 17.6 Å². The minimum Gasteiger partial charge on any atom is -0.351 e. The highest BCUT2D eigenvalue weighted by Crippen LogP contribution is 2.48. The lowest BCUT2D eigenvalue weighted by molar-refractivity contribution is -0.123. The van der Waals surface area contributed by atoms with Crippen LogP contribution in [-0.4, -0.2) is 21.4 Å². The Balaban J connectivity index is 1.60. The zero-order valence-corrected chi connectivity index (χ0v) is 15.3. The highest BCUT2D eigenvalue weighted by molar-refractivity contribution is 7.88. The summed E-state index contributed by atoms with van der Waals surface area (Å²) in [4.78, 5) is 12.6. The number of halogens is 1. The monoisotopic (exact) mass is 376 g/mol. The normalized spacial score (nSPS) is 15.5. The molecule has 5 nitrogen and oxygen atoms in total. The molecule has 2 aromatic carbocycles. The summed E-state index contributed by atoms with van der Waals surface area (Å²) >= 11 is 0. The molecule has 26 heavy (non-hydrogen) atoms. The van der Waals surface area contributed by atoms with Gasteiger partial charge in [0, 0.05) is 6.54 Å². The molecule has 0 aromatic heterocycles. The fourth-order valence-electron chi connectivity index (χ4n) is 2.94. The van der Waals surface area contributed by atoms with Crippen molar-refractivity contribution in [1.29, 1.82) is 0 Å². The number of benzene rings is 2. The number of nitrogens with one attached hydrogen (secondary N) is 2. The number of rotatable bonds is 7. The number of amides is 1. The molecule has 0 atom stereocenters. The Hall–Kier alpha value is -2.25. The lowest BCUT2D eigenvalue weighted by Crippen LogP contribution is -2.34. The highest BCUT2D eigenvalue weighted by atomic mass is 32.2. The van der Waals surface area contributed by atoms with Gasteiger partial charge in [0.1, 0.15) is 5.82 Å². The first-order valence-electron chi connectivity index (χ1n) is 8.38. The van der Waals surface area contributed by atoms with Gasteiger partial charge in [0.05, 0.1) is 11.2 Å². The Morgan fingerprint density at radius 3 is 2.15 bits per heavy atom. The summed E-state index contributed by atoms with van der Waals surface area (Å²) in [6, 6.07) is 13.2. The molecule has 0 bridgehead atoms. The summed E-state index contributed by atoms with van der Waals surface area (Å²) < 4.78 is 38.5. The van der Waals surface area contributed by atoms with E-state index in [2.05, 4.69) is 10.0 Å². The van der Waals surface area contributed by atoms with E-state index in [0.29, 0.717) is 12.1 Å². The average molecular weight is 376 g/mol. The largest absolute Gasteiger partial charge is 0.351 e. The minimum atomic E-state index is -3.30. The summed E-state index contributed by atoms with van der Waals surface area (Å²) in [5.41, 5.74) is 1.86. The summed E-state index contributed by atoms with van der Waals surface area (Å²) in [6.45, 7) is 0.362. The SMILES string of the molecule is CNS(=O)(=O)Cc1ccc(CNC(=O)C2(c3ccc(F)cc3)CC2)cc1. The van der Waals surface area contributed by atoms with Crippen LogP contribution in [0.3, 0.4) is 0 Å². The quantitative estimate of drug-likeness (QED) is 0.778. The van der Waals surface area contributed by atoms with Crippen molar-refractivity contribution in [3.8, 4) is 0 Å². The predicted octanol–water partition coefficient (Wildman–Crippen LogP) is 2.22.